The zero-order valence-corrected chi connectivity index (χ0v) is 15.4. The lowest BCUT2D eigenvalue weighted by Gasteiger charge is -2.35. The lowest BCUT2D eigenvalue weighted by molar-refractivity contribution is -0.133. The number of aryl methyl sites for hydroxylation is 1. The molecule has 0 atom stereocenters. The number of oxazole rings is 1. The minimum absolute atomic E-state index is 0.149. The van der Waals surface area contributed by atoms with Crippen LogP contribution in [0.2, 0.25) is 0 Å². The zero-order valence-electron chi connectivity index (χ0n) is 15.4. The predicted molar refractivity (Wildman–Crippen MR) is 98.1 cm³/mol. The largest absolute Gasteiger partial charge is 0.441 e. The molecule has 0 spiro atoms. The normalized spacial score (nSPS) is 15.6. The summed E-state index contributed by atoms with van der Waals surface area (Å²) in [5.41, 5.74) is 0.776. The van der Waals surface area contributed by atoms with E-state index in [0.717, 1.165) is 38.3 Å². The van der Waals surface area contributed by atoms with E-state index in [4.69, 9.17) is 4.42 Å². The zero-order chi connectivity index (χ0) is 18.5. The maximum atomic E-state index is 13.0. The number of amides is 1. The lowest BCUT2D eigenvalue weighted by Crippen LogP contribution is -2.49. The standard InChI is InChI=1S/C20H26FN3O2/c1-15(2)14-23-9-11-24(12-10-23)20(25)8-7-19-22-13-18(26-19)16-3-5-17(21)6-4-16/h3-6,13,15H,7-12,14H2,1-2H3. The quantitative estimate of drug-likeness (QED) is 0.795. The molecular formula is C20H26FN3O2. The Morgan fingerprint density at radius 2 is 1.88 bits per heavy atom. The fourth-order valence-electron chi connectivity index (χ4n) is 3.24. The van der Waals surface area contributed by atoms with Gasteiger partial charge in [-0.3, -0.25) is 9.69 Å². The third-order valence-electron chi connectivity index (χ3n) is 4.58. The van der Waals surface area contributed by atoms with Gasteiger partial charge in [-0.05, 0) is 30.2 Å². The highest BCUT2D eigenvalue weighted by Crippen LogP contribution is 2.21. The first-order valence-corrected chi connectivity index (χ1v) is 9.22. The number of carbonyl (C=O) groups excluding carboxylic acids is 1. The number of nitrogens with zero attached hydrogens (tertiary/aromatic N) is 3. The SMILES string of the molecule is CC(C)CN1CCN(C(=O)CCc2ncc(-c3ccc(F)cc3)o2)CC1. The average molecular weight is 359 g/mol. The van der Waals surface area contributed by atoms with E-state index in [-0.39, 0.29) is 11.7 Å². The molecule has 1 aliphatic rings. The maximum Gasteiger partial charge on any atom is 0.223 e. The topological polar surface area (TPSA) is 49.6 Å². The first-order chi connectivity index (χ1) is 12.5. The summed E-state index contributed by atoms with van der Waals surface area (Å²) in [7, 11) is 0. The molecule has 140 valence electrons. The van der Waals surface area contributed by atoms with E-state index >= 15 is 0 Å². The molecule has 6 heteroatoms. The molecule has 1 aromatic carbocycles. The number of hydrogen-bond donors (Lipinski definition) is 0. The summed E-state index contributed by atoms with van der Waals surface area (Å²) in [6, 6.07) is 6.09. The van der Waals surface area contributed by atoms with Gasteiger partial charge in [0.25, 0.3) is 0 Å². The average Bonchev–Trinajstić information content (AvgIpc) is 3.09. The molecule has 1 aromatic heterocycles. The van der Waals surface area contributed by atoms with Gasteiger partial charge >= 0.3 is 0 Å². The van der Waals surface area contributed by atoms with Gasteiger partial charge < -0.3 is 9.32 Å². The van der Waals surface area contributed by atoms with Crippen molar-refractivity contribution in [1.29, 1.82) is 0 Å². The van der Waals surface area contributed by atoms with Crippen molar-refractivity contribution in [3.8, 4) is 11.3 Å². The second kappa shape index (κ2) is 8.45. The highest BCUT2D eigenvalue weighted by atomic mass is 19.1. The van der Waals surface area contributed by atoms with Crippen molar-refractivity contribution in [3.05, 3.63) is 42.2 Å². The fourth-order valence-corrected chi connectivity index (χ4v) is 3.24. The van der Waals surface area contributed by atoms with Crippen molar-refractivity contribution >= 4 is 5.91 Å². The summed E-state index contributed by atoms with van der Waals surface area (Å²) in [6.07, 6.45) is 2.50. The molecule has 0 N–H and O–H groups in total. The highest BCUT2D eigenvalue weighted by molar-refractivity contribution is 5.76. The number of aromatic nitrogens is 1. The van der Waals surface area contributed by atoms with E-state index in [1.165, 1.54) is 12.1 Å². The number of hydrogen-bond acceptors (Lipinski definition) is 4. The van der Waals surface area contributed by atoms with Gasteiger partial charge in [-0.25, -0.2) is 9.37 Å². The van der Waals surface area contributed by atoms with E-state index in [0.29, 0.717) is 30.4 Å². The third-order valence-corrected chi connectivity index (χ3v) is 4.58. The van der Waals surface area contributed by atoms with E-state index < -0.39 is 0 Å². The van der Waals surface area contributed by atoms with Gasteiger partial charge in [0, 0.05) is 51.1 Å². The van der Waals surface area contributed by atoms with Gasteiger partial charge in [-0.1, -0.05) is 13.8 Å². The van der Waals surface area contributed by atoms with Gasteiger partial charge in [0.15, 0.2) is 11.7 Å². The van der Waals surface area contributed by atoms with Crippen LogP contribution in [0.15, 0.2) is 34.9 Å². The Morgan fingerprint density at radius 1 is 1.19 bits per heavy atom. The number of piperazine rings is 1. The minimum Gasteiger partial charge on any atom is -0.441 e. The van der Waals surface area contributed by atoms with Crippen LogP contribution in [0.1, 0.15) is 26.2 Å². The summed E-state index contributed by atoms with van der Waals surface area (Å²) in [5, 5.41) is 0. The van der Waals surface area contributed by atoms with E-state index in [1.807, 2.05) is 4.90 Å². The Balaban J connectivity index is 1.47. The smallest absolute Gasteiger partial charge is 0.223 e. The van der Waals surface area contributed by atoms with Gasteiger partial charge in [-0.15, -0.1) is 0 Å². The van der Waals surface area contributed by atoms with E-state index in [9.17, 15) is 9.18 Å². The second-order valence-corrected chi connectivity index (χ2v) is 7.20. The van der Waals surface area contributed by atoms with Crippen LogP contribution in [0.4, 0.5) is 4.39 Å². The van der Waals surface area contributed by atoms with Crippen LogP contribution in [0.25, 0.3) is 11.3 Å². The van der Waals surface area contributed by atoms with Crippen LogP contribution in [0.5, 0.6) is 0 Å². The Morgan fingerprint density at radius 3 is 2.54 bits per heavy atom. The van der Waals surface area contributed by atoms with Crippen LogP contribution in [0, 0.1) is 11.7 Å². The molecule has 1 amide bonds. The summed E-state index contributed by atoms with van der Waals surface area (Å²) in [4.78, 5) is 21.0. The Labute approximate surface area is 153 Å². The van der Waals surface area contributed by atoms with Crippen molar-refractivity contribution in [2.45, 2.75) is 26.7 Å². The van der Waals surface area contributed by atoms with Crippen molar-refractivity contribution in [1.82, 2.24) is 14.8 Å². The number of carbonyl (C=O) groups is 1. The molecule has 1 fully saturated rings. The Hall–Kier alpha value is -2.21. The molecule has 3 rings (SSSR count). The van der Waals surface area contributed by atoms with Gasteiger partial charge in [0.2, 0.25) is 5.91 Å². The molecule has 0 bridgehead atoms. The summed E-state index contributed by atoms with van der Waals surface area (Å²) in [6.45, 7) is 8.98. The molecule has 0 unspecified atom stereocenters. The third kappa shape index (κ3) is 4.91. The van der Waals surface area contributed by atoms with Crippen LogP contribution >= 0.6 is 0 Å². The molecule has 0 saturated carbocycles. The molecule has 2 aromatic rings. The van der Waals surface area contributed by atoms with Crippen LogP contribution < -0.4 is 0 Å². The molecule has 26 heavy (non-hydrogen) atoms. The molecule has 1 aliphatic heterocycles. The van der Waals surface area contributed by atoms with Gasteiger partial charge in [0.05, 0.1) is 6.20 Å². The first-order valence-electron chi connectivity index (χ1n) is 9.22. The molecule has 0 aliphatic carbocycles. The monoisotopic (exact) mass is 359 g/mol. The van der Waals surface area contributed by atoms with Crippen molar-refractivity contribution < 1.29 is 13.6 Å². The molecule has 2 heterocycles. The van der Waals surface area contributed by atoms with E-state index in [2.05, 4.69) is 23.7 Å². The van der Waals surface area contributed by atoms with E-state index in [1.54, 1.807) is 18.3 Å². The second-order valence-electron chi connectivity index (χ2n) is 7.20. The van der Waals surface area contributed by atoms with Crippen LogP contribution in [-0.2, 0) is 11.2 Å². The lowest BCUT2D eigenvalue weighted by atomic mass is 10.2. The Bertz CT molecular complexity index is 719. The first kappa shape index (κ1) is 18.6. The van der Waals surface area contributed by atoms with Crippen molar-refractivity contribution in [3.63, 3.8) is 0 Å². The summed E-state index contributed by atoms with van der Waals surface area (Å²) < 4.78 is 18.7. The maximum absolute atomic E-state index is 13.0. The number of benzene rings is 1. The highest BCUT2D eigenvalue weighted by Gasteiger charge is 2.21. The molecular weight excluding hydrogens is 333 g/mol. The minimum atomic E-state index is -0.285. The van der Waals surface area contributed by atoms with Crippen LogP contribution in [0.3, 0.4) is 0 Å². The summed E-state index contributed by atoms with van der Waals surface area (Å²) >= 11 is 0. The Kier molecular flexibility index (Phi) is 6.04. The number of rotatable bonds is 6. The van der Waals surface area contributed by atoms with Crippen molar-refractivity contribution in [2.75, 3.05) is 32.7 Å². The fraction of sp³-hybridized carbons (Fsp3) is 0.500. The predicted octanol–water partition coefficient (Wildman–Crippen LogP) is 3.21. The van der Waals surface area contributed by atoms with Gasteiger partial charge in [0.1, 0.15) is 5.82 Å². The van der Waals surface area contributed by atoms with Gasteiger partial charge in [-0.2, -0.15) is 0 Å². The molecule has 1 saturated heterocycles. The summed E-state index contributed by atoms with van der Waals surface area (Å²) in [5.74, 6) is 1.65. The molecule has 0 radical (unpaired) electrons. The molecule has 5 nitrogen and oxygen atoms in total. The number of halogens is 1. The van der Waals surface area contributed by atoms with Crippen LogP contribution in [-0.4, -0.2) is 53.4 Å². The van der Waals surface area contributed by atoms with Crippen molar-refractivity contribution in [2.24, 2.45) is 5.92 Å².